The van der Waals surface area contributed by atoms with Crippen LogP contribution in [0.3, 0.4) is 0 Å². The van der Waals surface area contributed by atoms with Crippen LogP contribution in [0.2, 0.25) is 0 Å². The average molecular weight is 406 g/mol. The summed E-state index contributed by atoms with van der Waals surface area (Å²) in [5, 5.41) is 13.6. The molecule has 2 unspecified atom stereocenters. The van der Waals surface area contributed by atoms with Gasteiger partial charge in [0.2, 0.25) is 5.91 Å². The predicted octanol–water partition coefficient (Wildman–Crippen LogP) is 2.51. The van der Waals surface area contributed by atoms with Gasteiger partial charge in [-0.05, 0) is 29.2 Å². The van der Waals surface area contributed by atoms with E-state index in [1.807, 2.05) is 48.5 Å². The third kappa shape index (κ3) is 4.44. The van der Waals surface area contributed by atoms with Gasteiger partial charge in [0.05, 0.1) is 0 Å². The summed E-state index contributed by atoms with van der Waals surface area (Å²) in [6.45, 7) is 1.41. The first-order valence-electron chi connectivity index (χ1n) is 9.50. The van der Waals surface area contributed by atoms with Crippen LogP contribution >= 0.6 is 0 Å². The Morgan fingerprint density at radius 1 is 1.07 bits per heavy atom. The summed E-state index contributed by atoms with van der Waals surface area (Å²) >= 11 is 0. The Kier molecular flexibility index (Phi) is 6.38. The highest BCUT2D eigenvalue weighted by Crippen LogP contribution is 2.44. The van der Waals surface area contributed by atoms with Gasteiger partial charge in [-0.2, -0.15) is 0 Å². The Labute approximate surface area is 174 Å². The third-order valence-electron chi connectivity index (χ3n) is 5.00. The molecule has 30 heavy (non-hydrogen) atoms. The van der Waals surface area contributed by atoms with Crippen LogP contribution in [0.5, 0.6) is 0 Å². The number of carboxylic acids is 1. The summed E-state index contributed by atoms with van der Waals surface area (Å²) < 4.78 is 5.40. The Hall–Kier alpha value is -3.79. The van der Waals surface area contributed by atoms with E-state index in [0.717, 1.165) is 22.3 Å². The number of carbonyl (C=O) groups is 3. The number of rotatable bonds is 7. The summed E-state index contributed by atoms with van der Waals surface area (Å²) in [4.78, 5) is 35.5. The third-order valence-corrected chi connectivity index (χ3v) is 5.00. The van der Waals surface area contributed by atoms with Crippen LogP contribution in [0.25, 0.3) is 11.1 Å². The fraction of sp³-hybridized carbons (Fsp3) is 0.261. The summed E-state index contributed by atoms with van der Waals surface area (Å²) in [5.74, 6) is 0.311. The number of hydrogen-bond donors (Lipinski definition) is 3. The summed E-state index contributed by atoms with van der Waals surface area (Å²) in [6.07, 6.45) is 4.38. The van der Waals surface area contributed by atoms with Crippen LogP contribution in [-0.2, 0) is 14.3 Å². The molecule has 2 aromatic carbocycles. The Bertz CT molecular complexity index is 965. The highest BCUT2D eigenvalue weighted by molar-refractivity contribution is 5.89. The molecule has 0 fully saturated rings. The van der Waals surface area contributed by atoms with Gasteiger partial charge in [0.1, 0.15) is 18.7 Å². The maximum Gasteiger partial charge on any atom is 0.407 e. The number of carboxylic acid groups (broad SMARTS) is 1. The van der Waals surface area contributed by atoms with Gasteiger partial charge >= 0.3 is 12.1 Å². The van der Waals surface area contributed by atoms with Crippen molar-refractivity contribution >= 4 is 18.0 Å². The number of nitrogens with one attached hydrogen (secondary N) is 2. The molecule has 2 amide bonds. The molecule has 7 nitrogen and oxygen atoms in total. The Balaban J connectivity index is 1.65. The van der Waals surface area contributed by atoms with Crippen molar-refractivity contribution in [3.05, 3.63) is 59.7 Å². The lowest BCUT2D eigenvalue weighted by atomic mass is 9.98. The number of fused-ring (bicyclic) bond motifs is 3. The van der Waals surface area contributed by atoms with Gasteiger partial charge < -0.3 is 20.5 Å². The van der Waals surface area contributed by atoms with Crippen molar-refractivity contribution in [1.29, 1.82) is 0 Å². The van der Waals surface area contributed by atoms with E-state index in [1.54, 1.807) is 0 Å². The van der Waals surface area contributed by atoms with E-state index < -0.39 is 30.1 Å². The predicted molar refractivity (Wildman–Crippen MR) is 111 cm³/mol. The van der Waals surface area contributed by atoms with Crippen molar-refractivity contribution < 1.29 is 24.2 Å². The number of terminal acetylenes is 1. The van der Waals surface area contributed by atoms with Crippen LogP contribution in [0, 0.1) is 12.3 Å². The number of ether oxygens (including phenoxy) is 1. The smallest absolute Gasteiger partial charge is 0.407 e. The average Bonchev–Trinajstić information content (AvgIpc) is 3.05. The molecule has 0 spiro atoms. The first kappa shape index (κ1) is 20.9. The molecule has 2 aromatic rings. The van der Waals surface area contributed by atoms with Crippen molar-refractivity contribution in [2.24, 2.45) is 0 Å². The standard InChI is InChI=1S/C23H22N2O5/c1-3-8-20(21(26)24-14(2)22(27)28)25-23(29)30-13-19-17-11-6-4-9-15(17)16-10-5-7-12-18(16)19/h1,4-7,9-12,14,19-20H,8,13H2,2H3,(H,24,26)(H,25,29)(H,27,28). The van der Waals surface area contributed by atoms with Crippen molar-refractivity contribution in [3.8, 4) is 23.5 Å². The van der Waals surface area contributed by atoms with Gasteiger partial charge in [0.25, 0.3) is 0 Å². The topological polar surface area (TPSA) is 105 Å². The fourth-order valence-electron chi connectivity index (χ4n) is 3.49. The Morgan fingerprint density at radius 2 is 1.63 bits per heavy atom. The van der Waals surface area contributed by atoms with E-state index in [9.17, 15) is 14.4 Å². The minimum atomic E-state index is -1.19. The molecule has 1 aliphatic rings. The van der Waals surface area contributed by atoms with E-state index in [-0.39, 0.29) is 18.9 Å². The van der Waals surface area contributed by atoms with Gasteiger partial charge in [-0.1, -0.05) is 48.5 Å². The van der Waals surface area contributed by atoms with Gasteiger partial charge in [-0.25, -0.2) is 4.79 Å². The number of hydrogen-bond acceptors (Lipinski definition) is 4. The molecule has 1 aliphatic carbocycles. The van der Waals surface area contributed by atoms with Gasteiger partial charge in [0.15, 0.2) is 0 Å². The highest BCUT2D eigenvalue weighted by atomic mass is 16.5. The molecule has 2 atom stereocenters. The minimum Gasteiger partial charge on any atom is -0.480 e. The number of amides is 2. The van der Waals surface area contributed by atoms with Crippen LogP contribution < -0.4 is 10.6 Å². The van der Waals surface area contributed by atoms with E-state index >= 15 is 0 Å². The molecule has 7 heteroatoms. The lowest BCUT2D eigenvalue weighted by molar-refractivity contribution is -0.141. The summed E-state index contributed by atoms with van der Waals surface area (Å²) in [7, 11) is 0. The van der Waals surface area contributed by atoms with Crippen molar-refractivity contribution in [1.82, 2.24) is 10.6 Å². The molecule has 0 heterocycles. The summed E-state index contributed by atoms with van der Waals surface area (Å²) in [6, 6.07) is 13.7. The van der Waals surface area contributed by atoms with Crippen LogP contribution in [0.1, 0.15) is 30.4 Å². The SMILES string of the molecule is C#CCC(NC(=O)OCC1c2ccccc2-c2ccccc21)C(=O)NC(C)C(=O)O. The molecular weight excluding hydrogens is 384 g/mol. The second-order valence-corrected chi connectivity index (χ2v) is 7.00. The van der Waals surface area contributed by atoms with Gasteiger partial charge in [0, 0.05) is 12.3 Å². The monoisotopic (exact) mass is 406 g/mol. The summed E-state index contributed by atoms with van der Waals surface area (Å²) in [5.41, 5.74) is 4.35. The number of carbonyl (C=O) groups excluding carboxylic acids is 2. The number of benzene rings is 2. The zero-order chi connectivity index (χ0) is 21.7. The number of alkyl carbamates (subject to hydrolysis) is 1. The first-order chi connectivity index (χ1) is 14.4. The lowest BCUT2D eigenvalue weighted by Crippen LogP contribution is -2.50. The van der Waals surface area contributed by atoms with E-state index in [2.05, 4.69) is 16.6 Å². The maximum atomic E-state index is 12.3. The largest absolute Gasteiger partial charge is 0.480 e. The minimum absolute atomic E-state index is 0.0930. The Morgan fingerprint density at radius 3 is 2.17 bits per heavy atom. The molecule has 0 radical (unpaired) electrons. The van der Waals surface area contributed by atoms with E-state index in [4.69, 9.17) is 16.3 Å². The van der Waals surface area contributed by atoms with Crippen molar-refractivity contribution in [2.45, 2.75) is 31.3 Å². The van der Waals surface area contributed by atoms with Crippen LogP contribution in [0.4, 0.5) is 4.79 Å². The molecule has 154 valence electrons. The van der Waals surface area contributed by atoms with Crippen molar-refractivity contribution in [3.63, 3.8) is 0 Å². The zero-order valence-corrected chi connectivity index (χ0v) is 16.4. The normalized spacial score (nSPS) is 13.9. The van der Waals surface area contributed by atoms with Crippen LogP contribution in [-0.4, -0.2) is 41.8 Å². The first-order valence-corrected chi connectivity index (χ1v) is 9.50. The molecule has 0 aromatic heterocycles. The van der Waals surface area contributed by atoms with Crippen LogP contribution in [0.15, 0.2) is 48.5 Å². The van der Waals surface area contributed by atoms with Gasteiger partial charge in [-0.3, -0.25) is 9.59 Å². The lowest BCUT2D eigenvalue weighted by Gasteiger charge is -2.19. The second-order valence-electron chi connectivity index (χ2n) is 7.00. The molecule has 0 saturated heterocycles. The molecule has 3 N–H and O–H groups in total. The van der Waals surface area contributed by atoms with Crippen molar-refractivity contribution in [2.75, 3.05) is 6.61 Å². The number of aliphatic carboxylic acids is 1. The van der Waals surface area contributed by atoms with E-state index in [0.29, 0.717) is 0 Å². The highest BCUT2D eigenvalue weighted by Gasteiger charge is 2.30. The molecular formula is C23H22N2O5. The van der Waals surface area contributed by atoms with E-state index in [1.165, 1.54) is 6.92 Å². The molecule has 0 bridgehead atoms. The maximum absolute atomic E-state index is 12.3. The zero-order valence-electron chi connectivity index (χ0n) is 16.4. The molecule has 0 aliphatic heterocycles. The fourth-order valence-corrected chi connectivity index (χ4v) is 3.49. The van der Waals surface area contributed by atoms with Gasteiger partial charge in [-0.15, -0.1) is 12.3 Å². The molecule has 0 saturated carbocycles. The molecule has 3 rings (SSSR count). The second kappa shape index (κ2) is 9.14. The quantitative estimate of drug-likeness (QED) is 0.613.